The van der Waals surface area contributed by atoms with Crippen LogP contribution in [0, 0.1) is 17.2 Å². The lowest BCUT2D eigenvalue weighted by molar-refractivity contribution is 0.0649. The molecule has 0 amide bonds. The molecule has 0 aromatic heterocycles. The van der Waals surface area contributed by atoms with Crippen molar-refractivity contribution in [3.63, 3.8) is 0 Å². The number of nitrogens with zero attached hydrogens (tertiary/aromatic N) is 1. The van der Waals surface area contributed by atoms with Crippen molar-refractivity contribution >= 4 is 8.32 Å². The van der Waals surface area contributed by atoms with E-state index in [1.54, 1.807) is 7.11 Å². The Kier molecular flexibility index (Phi) is 5.77. The highest BCUT2D eigenvalue weighted by Crippen LogP contribution is 2.57. The van der Waals surface area contributed by atoms with Crippen LogP contribution in [0.2, 0.25) is 16.6 Å². The molecule has 1 heterocycles. The monoisotopic (exact) mass is 439 g/mol. The summed E-state index contributed by atoms with van der Waals surface area (Å²) in [6, 6.07) is 8.95. The Morgan fingerprint density at radius 3 is 2.39 bits per heavy atom. The molecule has 1 aromatic rings. The van der Waals surface area contributed by atoms with Gasteiger partial charge in [0.2, 0.25) is 8.32 Å². The fourth-order valence-electron chi connectivity index (χ4n) is 7.04. The predicted octanol–water partition coefficient (Wildman–Crippen LogP) is 6.27. The average molecular weight is 440 g/mol. The van der Waals surface area contributed by atoms with Crippen molar-refractivity contribution in [3.8, 4) is 11.8 Å². The third-order valence-electron chi connectivity index (χ3n) is 8.28. The lowest BCUT2D eigenvalue weighted by atomic mass is 9.55. The molecule has 1 fully saturated rings. The van der Waals surface area contributed by atoms with Crippen molar-refractivity contribution in [2.24, 2.45) is 5.92 Å². The molecule has 168 valence electrons. The topological polar surface area (TPSA) is 51.5 Å². The second-order valence-corrected chi connectivity index (χ2v) is 16.0. The first-order valence-corrected chi connectivity index (χ1v) is 14.0. The molecule has 1 saturated carbocycles. The number of nitriles is 1. The zero-order valence-corrected chi connectivity index (χ0v) is 21.1. The maximum atomic E-state index is 10.5. The number of methoxy groups -OCH3 is 1. The van der Waals surface area contributed by atoms with Gasteiger partial charge in [0.15, 0.2) is 0 Å². The van der Waals surface area contributed by atoms with E-state index in [4.69, 9.17) is 13.9 Å². The van der Waals surface area contributed by atoms with Gasteiger partial charge in [-0.3, -0.25) is 0 Å². The van der Waals surface area contributed by atoms with Crippen molar-refractivity contribution in [2.45, 2.75) is 95.1 Å². The van der Waals surface area contributed by atoms with Crippen molar-refractivity contribution in [1.82, 2.24) is 0 Å². The molecule has 0 spiro atoms. The molecule has 2 aliphatic carbocycles. The number of rotatable bonds is 6. The number of hydrogen-bond acceptors (Lipinski definition) is 4. The molecule has 4 rings (SSSR count). The van der Waals surface area contributed by atoms with Crippen molar-refractivity contribution in [3.05, 3.63) is 41.2 Å². The van der Waals surface area contributed by atoms with Gasteiger partial charge in [-0.05, 0) is 52.7 Å². The van der Waals surface area contributed by atoms with Crippen LogP contribution in [0.5, 0.6) is 5.75 Å². The molecule has 0 saturated heterocycles. The van der Waals surface area contributed by atoms with Gasteiger partial charge in [-0.1, -0.05) is 47.6 Å². The first kappa shape index (κ1) is 22.4. The van der Waals surface area contributed by atoms with Gasteiger partial charge in [-0.25, -0.2) is 0 Å². The summed E-state index contributed by atoms with van der Waals surface area (Å²) in [6.45, 7) is 14.0. The van der Waals surface area contributed by atoms with Crippen LogP contribution < -0.4 is 4.74 Å². The third kappa shape index (κ3) is 3.17. The summed E-state index contributed by atoms with van der Waals surface area (Å²) in [5.74, 6) is 0.922. The fraction of sp³-hybridized carbons (Fsp3) is 0.654. The zero-order chi connectivity index (χ0) is 22.6. The van der Waals surface area contributed by atoms with Crippen LogP contribution in [0.25, 0.3) is 0 Å². The summed E-state index contributed by atoms with van der Waals surface area (Å²) in [7, 11) is -0.335. The molecule has 0 bridgehead atoms. The lowest BCUT2D eigenvalue weighted by Crippen LogP contribution is -2.55. The van der Waals surface area contributed by atoms with Gasteiger partial charge in [0, 0.05) is 17.9 Å². The molecular weight excluding hydrogens is 402 g/mol. The Bertz CT molecular complexity index is 894. The Hall–Kier alpha value is -1.77. The van der Waals surface area contributed by atoms with Crippen LogP contribution in [0.3, 0.4) is 0 Å². The van der Waals surface area contributed by atoms with E-state index in [-0.39, 0.29) is 18.1 Å². The summed E-state index contributed by atoms with van der Waals surface area (Å²) in [5, 5.41) is 10.5. The quantitative estimate of drug-likeness (QED) is 0.490. The second kappa shape index (κ2) is 7.97. The SMILES string of the molecule is COc1ccc2c(c1)C[C@H]1OC=C3[C@@H](O[Si](C(C)C)(C(C)C)C(C)C)CC[C@]2(C#N)[C@H]31. The molecule has 4 atom stereocenters. The van der Waals surface area contributed by atoms with Crippen molar-refractivity contribution < 1.29 is 13.9 Å². The summed E-state index contributed by atoms with van der Waals surface area (Å²) in [5.41, 5.74) is 4.64. The minimum absolute atomic E-state index is 0.00822. The molecule has 0 radical (unpaired) electrons. The van der Waals surface area contributed by atoms with Crippen LogP contribution in [0.1, 0.15) is 65.5 Å². The van der Waals surface area contributed by atoms with E-state index < -0.39 is 13.7 Å². The maximum Gasteiger partial charge on any atom is 0.201 e. The Labute approximate surface area is 188 Å². The number of hydrogen-bond donors (Lipinski definition) is 0. The third-order valence-corrected chi connectivity index (χ3v) is 14.4. The number of fused-ring (bicyclic) bond motifs is 2. The molecule has 1 aliphatic heterocycles. The van der Waals surface area contributed by atoms with Crippen molar-refractivity contribution in [1.29, 1.82) is 5.26 Å². The molecule has 1 aromatic carbocycles. The summed E-state index contributed by atoms with van der Waals surface area (Å²) in [6.07, 6.45) is 4.53. The van der Waals surface area contributed by atoms with E-state index in [1.165, 1.54) is 11.1 Å². The lowest BCUT2D eigenvalue weighted by Gasteiger charge is -2.51. The molecule has 5 heteroatoms. The number of benzene rings is 1. The predicted molar refractivity (Wildman–Crippen MR) is 126 cm³/mol. The maximum absolute atomic E-state index is 10.5. The van der Waals surface area contributed by atoms with Gasteiger partial charge >= 0.3 is 0 Å². The van der Waals surface area contributed by atoms with Gasteiger partial charge in [-0.2, -0.15) is 5.26 Å². The summed E-state index contributed by atoms with van der Waals surface area (Å²) in [4.78, 5) is 0. The van der Waals surface area contributed by atoms with E-state index in [1.807, 2.05) is 12.3 Å². The molecule has 4 nitrogen and oxygen atoms in total. The largest absolute Gasteiger partial charge is 0.497 e. The second-order valence-electron chi connectivity index (χ2n) is 10.5. The standard InChI is InChI=1S/C26H37NO3Si/c1-16(2)31(17(3)4,18(5)6)30-23-10-11-26(15-27)22-9-8-20(28-7)12-19(22)13-24-25(26)21(23)14-29-24/h8-9,12,14,16-18,23-25H,10-11,13H2,1-7H3/t23-,24+,25+,26+/m0/s1. The van der Waals surface area contributed by atoms with Crippen LogP contribution in [-0.4, -0.2) is 27.6 Å². The molecule has 31 heavy (non-hydrogen) atoms. The van der Waals surface area contributed by atoms with Crippen LogP contribution >= 0.6 is 0 Å². The van der Waals surface area contributed by atoms with E-state index in [0.29, 0.717) is 16.6 Å². The molecular formula is C26H37NO3Si. The van der Waals surface area contributed by atoms with Crippen molar-refractivity contribution in [2.75, 3.05) is 7.11 Å². The molecule has 3 aliphatic rings. The van der Waals surface area contributed by atoms with Crippen LogP contribution in [-0.2, 0) is 21.0 Å². The normalized spacial score (nSPS) is 29.3. The minimum atomic E-state index is -2.03. The smallest absolute Gasteiger partial charge is 0.201 e. The van der Waals surface area contributed by atoms with Crippen LogP contribution in [0.15, 0.2) is 30.0 Å². The first-order chi connectivity index (χ1) is 14.7. The minimum Gasteiger partial charge on any atom is -0.497 e. The van der Waals surface area contributed by atoms with E-state index in [2.05, 4.69) is 59.7 Å². The highest BCUT2D eigenvalue weighted by Gasteiger charge is 2.59. The Balaban J connectivity index is 1.73. The van der Waals surface area contributed by atoms with Gasteiger partial charge in [0.1, 0.15) is 11.9 Å². The Morgan fingerprint density at radius 1 is 1.13 bits per heavy atom. The molecule has 0 N–H and O–H groups in total. The average Bonchev–Trinajstić information content (AvgIpc) is 3.17. The zero-order valence-electron chi connectivity index (χ0n) is 20.1. The highest BCUT2D eigenvalue weighted by molar-refractivity contribution is 6.77. The number of ether oxygens (including phenoxy) is 2. The summed E-state index contributed by atoms with van der Waals surface area (Å²) < 4.78 is 18.9. The van der Waals surface area contributed by atoms with E-state index in [0.717, 1.165) is 30.6 Å². The Morgan fingerprint density at radius 2 is 1.81 bits per heavy atom. The van der Waals surface area contributed by atoms with Gasteiger partial charge < -0.3 is 13.9 Å². The summed E-state index contributed by atoms with van der Waals surface area (Å²) >= 11 is 0. The van der Waals surface area contributed by atoms with E-state index >= 15 is 0 Å². The highest BCUT2D eigenvalue weighted by atomic mass is 28.4. The van der Waals surface area contributed by atoms with Gasteiger partial charge in [0.05, 0.1) is 31.0 Å². The van der Waals surface area contributed by atoms with Gasteiger partial charge in [-0.15, -0.1) is 0 Å². The van der Waals surface area contributed by atoms with Gasteiger partial charge in [0.25, 0.3) is 0 Å². The van der Waals surface area contributed by atoms with Crippen LogP contribution in [0.4, 0.5) is 0 Å². The molecule has 0 unspecified atom stereocenters. The van der Waals surface area contributed by atoms with E-state index in [9.17, 15) is 5.26 Å². The fourth-order valence-corrected chi connectivity index (χ4v) is 12.6. The first-order valence-electron chi connectivity index (χ1n) is 11.8.